The summed E-state index contributed by atoms with van der Waals surface area (Å²) in [5, 5.41) is 5.41. The SMILES string of the molecule is CNC(Cc1cn2ccsc2n1)c1ccc(Br)s1. The Bertz CT molecular complexity index is 626. The van der Waals surface area contributed by atoms with Gasteiger partial charge in [0.2, 0.25) is 0 Å². The molecule has 0 bridgehead atoms. The number of imidazole rings is 1. The number of thiazole rings is 1. The topological polar surface area (TPSA) is 29.3 Å². The number of hydrogen-bond donors (Lipinski definition) is 1. The molecule has 0 saturated heterocycles. The van der Waals surface area contributed by atoms with Gasteiger partial charge >= 0.3 is 0 Å². The predicted octanol–water partition coefficient (Wildman–Crippen LogP) is 3.72. The van der Waals surface area contributed by atoms with Gasteiger partial charge in [-0.3, -0.25) is 4.40 Å². The third kappa shape index (κ3) is 2.38. The van der Waals surface area contributed by atoms with E-state index in [1.807, 2.05) is 13.2 Å². The van der Waals surface area contributed by atoms with Gasteiger partial charge in [0.15, 0.2) is 4.96 Å². The summed E-state index contributed by atoms with van der Waals surface area (Å²) in [6.45, 7) is 0. The van der Waals surface area contributed by atoms with Crippen LogP contribution in [0.1, 0.15) is 16.6 Å². The molecule has 0 spiro atoms. The van der Waals surface area contributed by atoms with Crippen LogP contribution in [0.4, 0.5) is 0 Å². The van der Waals surface area contributed by atoms with Crippen molar-refractivity contribution >= 4 is 43.6 Å². The zero-order valence-electron chi connectivity index (χ0n) is 9.76. The summed E-state index contributed by atoms with van der Waals surface area (Å²) >= 11 is 6.95. The van der Waals surface area contributed by atoms with Gasteiger partial charge in [-0.2, -0.15) is 0 Å². The highest BCUT2D eigenvalue weighted by atomic mass is 79.9. The molecule has 1 unspecified atom stereocenters. The Morgan fingerprint density at radius 2 is 2.39 bits per heavy atom. The number of fused-ring (bicyclic) bond motifs is 1. The first-order valence-corrected chi connectivity index (χ1v) is 8.09. The van der Waals surface area contributed by atoms with Gasteiger partial charge in [0, 0.05) is 35.1 Å². The van der Waals surface area contributed by atoms with E-state index >= 15 is 0 Å². The van der Waals surface area contributed by atoms with Gasteiger partial charge in [-0.05, 0) is 35.1 Å². The van der Waals surface area contributed by atoms with E-state index in [0.717, 1.165) is 17.1 Å². The number of thiophene rings is 1. The Morgan fingerprint density at radius 1 is 1.50 bits per heavy atom. The van der Waals surface area contributed by atoms with Crippen molar-refractivity contribution in [3.63, 3.8) is 0 Å². The van der Waals surface area contributed by atoms with Gasteiger partial charge < -0.3 is 5.32 Å². The van der Waals surface area contributed by atoms with Gasteiger partial charge in [-0.25, -0.2) is 4.98 Å². The van der Waals surface area contributed by atoms with Crippen molar-refractivity contribution in [1.82, 2.24) is 14.7 Å². The summed E-state index contributed by atoms with van der Waals surface area (Å²) in [5.41, 5.74) is 1.13. The standard InChI is InChI=1S/C12H12BrN3S2/c1-14-9(10-2-3-11(13)18-10)6-8-7-16-4-5-17-12(16)15-8/h2-5,7,9,14H,6H2,1H3. The van der Waals surface area contributed by atoms with Gasteiger partial charge in [0.1, 0.15) is 0 Å². The fourth-order valence-electron chi connectivity index (χ4n) is 1.94. The molecule has 0 aliphatic rings. The van der Waals surface area contributed by atoms with Crippen molar-refractivity contribution in [3.05, 3.63) is 44.3 Å². The minimum atomic E-state index is 0.325. The van der Waals surface area contributed by atoms with Gasteiger partial charge in [0.05, 0.1) is 9.48 Å². The van der Waals surface area contributed by atoms with E-state index in [1.54, 1.807) is 22.7 Å². The van der Waals surface area contributed by atoms with E-state index in [2.05, 4.69) is 54.3 Å². The molecule has 1 atom stereocenters. The van der Waals surface area contributed by atoms with Crippen molar-refractivity contribution in [2.24, 2.45) is 0 Å². The molecule has 94 valence electrons. The van der Waals surface area contributed by atoms with Crippen molar-refractivity contribution in [3.8, 4) is 0 Å². The zero-order valence-corrected chi connectivity index (χ0v) is 13.0. The second kappa shape index (κ2) is 5.13. The average molecular weight is 342 g/mol. The van der Waals surface area contributed by atoms with Crippen LogP contribution in [-0.4, -0.2) is 16.4 Å². The fourth-order valence-corrected chi connectivity index (χ4v) is 4.20. The molecule has 0 saturated carbocycles. The molecule has 0 aliphatic carbocycles. The third-order valence-electron chi connectivity index (χ3n) is 2.84. The largest absolute Gasteiger partial charge is 0.312 e. The van der Waals surface area contributed by atoms with Crippen LogP contribution in [-0.2, 0) is 6.42 Å². The van der Waals surface area contributed by atoms with Gasteiger partial charge in [0.25, 0.3) is 0 Å². The summed E-state index contributed by atoms with van der Waals surface area (Å²) in [6.07, 6.45) is 5.07. The monoisotopic (exact) mass is 341 g/mol. The Morgan fingerprint density at radius 3 is 3.06 bits per heavy atom. The van der Waals surface area contributed by atoms with E-state index in [4.69, 9.17) is 0 Å². The summed E-state index contributed by atoms with van der Waals surface area (Å²) in [4.78, 5) is 7.02. The second-order valence-corrected chi connectivity index (χ2v) is 7.38. The minimum absolute atomic E-state index is 0.325. The van der Waals surface area contributed by atoms with E-state index in [0.29, 0.717) is 6.04 Å². The van der Waals surface area contributed by atoms with Gasteiger partial charge in [-0.15, -0.1) is 22.7 Å². The molecular formula is C12H12BrN3S2. The molecule has 6 heteroatoms. The highest BCUT2D eigenvalue weighted by Gasteiger charge is 2.14. The van der Waals surface area contributed by atoms with Crippen molar-refractivity contribution < 1.29 is 0 Å². The summed E-state index contributed by atoms with van der Waals surface area (Å²) in [5.74, 6) is 0. The van der Waals surface area contributed by atoms with Gasteiger partial charge in [-0.1, -0.05) is 0 Å². The number of nitrogens with zero attached hydrogens (tertiary/aromatic N) is 2. The molecule has 3 heterocycles. The van der Waals surface area contributed by atoms with E-state index in [-0.39, 0.29) is 0 Å². The van der Waals surface area contributed by atoms with Crippen LogP contribution in [0.3, 0.4) is 0 Å². The molecule has 3 aromatic heterocycles. The first-order chi connectivity index (χ1) is 8.76. The molecule has 0 aromatic carbocycles. The van der Waals surface area contributed by atoms with Crippen molar-refractivity contribution in [2.75, 3.05) is 7.05 Å². The van der Waals surface area contributed by atoms with Crippen LogP contribution >= 0.6 is 38.6 Å². The molecule has 0 aliphatic heterocycles. The number of likely N-dealkylation sites (N-methyl/N-ethyl adjacent to an activating group) is 1. The highest BCUT2D eigenvalue weighted by Crippen LogP contribution is 2.29. The maximum absolute atomic E-state index is 4.63. The van der Waals surface area contributed by atoms with Crippen LogP contribution in [0.2, 0.25) is 0 Å². The number of hydrogen-bond acceptors (Lipinski definition) is 4. The lowest BCUT2D eigenvalue weighted by atomic mass is 10.1. The summed E-state index contributed by atoms with van der Waals surface area (Å²) < 4.78 is 3.25. The first kappa shape index (κ1) is 12.3. The Labute approximate surface area is 122 Å². The fraction of sp³-hybridized carbons (Fsp3) is 0.250. The van der Waals surface area contributed by atoms with Crippen LogP contribution in [0.15, 0.2) is 33.7 Å². The quantitative estimate of drug-likeness (QED) is 0.783. The zero-order chi connectivity index (χ0) is 12.5. The van der Waals surface area contributed by atoms with E-state index in [9.17, 15) is 0 Å². The molecule has 0 radical (unpaired) electrons. The molecular weight excluding hydrogens is 330 g/mol. The molecule has 3 aromatic rings. The molecule has 0 fully saturated rings. The van der Waals surface area contributed by atoms with Crippen LogP contribution in [0.25, 0.3) is 4.96 Å². The van der Waals surface area contributed by atoms with E-state index in [1.165, 1.54) is 8.66 Å². The maximum Gasteiger partial charge on any atom is 0.193 e. The Kier molecular flexibility index (Phi) is 3.52. The molecule has 1 N–H and O–H groups in total. The first-order valence-electron chi connectivity index (χ1n) is 5.60. The van der Waals surface area contributed by atoms with Crippen molar-refractivity contribution in [2.45, 2.75) is 12.5 Å². The third-order valence-corrected chi connectivity index (χ3v) is 5.35. The lowest BCUT2D eigenvalue weighted by Gasteiger charge is -2.12. The van der Waals surface area contributed by atoms with Crippen molar-refractivity contribution in [1.29, 1.82) is 0 Å². The second-order valence-electron chi connectivity index (χ2n) is 4.01. The van der Waals surface area contributed by atoms with Crippen LogP contribution in [0.5, 0.6) is 0 Å². The highest BCUT2D eigenvalue weighted by molar-refractivity contribution is 9.11. The number of rotatable bonds is 4. The Hall–Kier alpha value is -0.690. The minimum Gasteiger partial charge on any atom is -0.312 e. The summed E-state index contributed by atoms with van der Waals surface area (Å²) in [6, 6.07) is 4.58. The lowest BCUT2D eigenvalue weighted by molar-refractivity contribution is 0.596. The molecule has 3 rings (SSSR count). The smallest absolute Gasteiger partial charge is 0.193 e. The maximum atomic E-state index is 4.63. The number of halogens is 1. The van der Waals surface area contributed by atoms with Crippen LogP contribution in [0, 0.1) is 0 Å². The Balaban J connectivity index is 1.83. The molecule has 3 nitrogen and oxygen atoms in total. The van der Waals surface area contributed by atoms with E-state index < -0.39 is 0 Å². The molecule has 0 amide bonds. The lowest BCUT2D eigenvalue weighted by Crippen LogP contribution is -2.17. The predicted molar refractivity (Wildman–Crippen MR) is 80.6 cm³/mol. The normalized spacial score (nSPS) is 13.2. The summed E-state index contributed by atoms with van der Waals surface area (Å²) in [7, 11) is 2.00. The molecule has 18 heavy (non-hydrogen) atoms. The number of aromatic nitrogens is 2. The van der Waals surface area contributed by atoms with Crippen LogP contribution < -0.4 is 5.32 Å². The number of nitrogens with one attached hydrogen (secondary N) is 1. The average Bonchev–Trinajstić information content (AvgIpc) is 3.00.